The van der Waals surface area contributed by atoms with E-state index in [0.29, 0.717) is 24.2 Å². The number of nitrogens with zero attached hydrogens (tertiary/aromatic N) is 3. The number of nitrogens with two attached hydrogens (primary N) is 1. The molecule has 11 heteroatoms. The Labute approximate surface area is 180 Å². The van der Waals surface area contributed by atoms with Gasteiger partial charge in [0, 0.05) is 18.5 Å². The van der Waals surface area contributed by atoms with Gasteiger partial charge < -0.3 is 20.9 Å². The maximum Gasteiger partial charge on any atom is 0.275 e. The monoisotopic (exact) mass is 449 g/mol. The number of aliphatic hydroxyl groups is 1. The first-order chi connectivity index (χ1) is 14.8. The number of aryl methyl sites for hydroxylation is 1. The number of carbonyl (C=O) groups excluding carboxylic acids is 1. The first kappa shape index (κ1) is 21.5. The van der Waals surface area contributed by atoms with Gasteiger partial charge in [-0.1, -0.05) is 6.07 Å². The van der Waals surface area contributed by atoms with E-state index in [1.54, 1.807) is 11.7 Å². The van der Waals surface area contributed by atoms with Crippen molar-refractivity contribution in [2.24, 2.45) is 12.8 Å². The fourth-order valence-corrected chi connectivity index (χ4v) is 4.33. The predicted molar refractivity (Wildman–Crippen MR) is 111 cm³/mol. The molecule has 3 aromatic rings. The van der Waals surface area contributed by atoms with Crippen LogP contribution in [0.5, 0.6) is 0 Å². The van der Waals surface area contributed by atoms with Gasteiger partial charge in [0.25, 0.3) is 5.91 Å². The van der Waals surface area contributed by atoms with Crippen LogP contribution in [0, 0.1) is 11.6 Å². The summed E-state index contributed by atoms with van der Waals surface area (Å²) < 4.78 is 35.4. The Bertz CT molecular complexity index is 1070. The topological polar surface area (TPSA) is 115 Å². The third-order valence-electron chi connectivity index (χ3n) is 5.18. The number of hydrogen-bond donors (Lipinski definition) is 3. The molecule has 3 atom stereocenters. The highest BCUT2D eigenvalue weighted by Gasteiger charge is 2.29. The first-order valence-electron chi connectivity index (χ1n) is 9.63. The largest absolute Gasteiger partial charge is 0.389 e. The average molecular weight is 449 g/mol. The van der Waals surface area contributed by atoms with Crippen molar-refractivity contribution in [1.82, 2.24) is 14.8 Å². The number of benzene rings is 1. The molecule has 8 nitrogen and oxygen atoms in total. The minimum atomic E-state index is -0.761. The fourth-order valence-electron chi connectivity index (χ4n) is 3.48. The molecular formula is C20H21F2N5O3S. The van der Waals surface area contributed by atoms with Crippen LogP contribution in [0.25, 0.3) is 10.6 Å². The number of aliphatic hydroxyl groups excluding tert-OH is 1. The third-order valence-corrected chi connectivity index (χ3v) is 6.04. The van der Waals surface area contributed by atoms with E-state index in [1.807, 2.05) is 0 Å². The summed E-state index contributed by atoms with van der Waals surface area (Å²) in [7, 11) is 1.72. The van der Waals surface area contributed by atoms with E-state index in [1.165, 1.54) is 17.6 Å². The van der Waals surface area contributed by atoms with Crippen LogP contribution in [0.3, 0.4) is 0 Å². The molecule has 0 aliphatic carbocycles. The maximum absolute atomic E-state index is 14.0. The van der Waals surface area contributed by atoms with Gasteiger partial charge in [-0.2, -0.15) is 5.10 Å². The lowest BCUT2D eigenvalue weighted by Crippen LogP contribution is -2.35. The Morgan fingerprint density at radius 1 is 1.35 bits per heavy atom. The molecule has 3 unspecified atom stereocenters. The van der Waals surface area contributed by atoms with E-state index >= 15 is 0 Å². The predicted octanol–water partition coefficient (Wildman–Crippen LogP) is 2.61. The summed E-state index contributed by atoms with van der Waals surface area (Å²) in [4.78, 5) is 16.9. The number of halogens is 2. The van der Waals surface area contributed by atoms with Crippen LogP contribution in [0.15, 0.2) is 29.8 Å². The molecule has 1 fully saturated rings. The lowest BCUT2D eigenvalue weighted by molar-refractivity contribution is -0.00229. The molecule has 1 saturated heterocycles. The highest BCUT2D eigenvalue weighted by Crippen LogP contribution is 2.33. The van der Waals surface area contributed by atoms with Crippen LogP contribution in [-0.2, 0) is 11.8 Å². The van der Waals surface area contributed by atoms with Crippen LogP contribution < -0.4 is 11.1 Å². The van der Waals surface area contributed by atoms with Gasteiger partial charge in [-0.3, -0.25) is 9.48 Å². The molecule has 0 bridgehead atoms. The SMILES string of the molecule is Cn1ncc(NC(=O)c2csc(-c3c(F)cccc3F)n2)c1C1CCC(N)C(O)CO1. The molecule has 164 valence electrons. The third kappa shape index (κ3) is 4.35. The van der Waals surface area contributed by atoms with Gasteiger partial charge in [-0.25, -0.2) is 13.8 Å². The van der Waals surface area contributed by atoms with Gasteiger partial charge >= 0.3 is 0 Å². The molecule has 4 N–H and O–H groups in total. The zero-order valence-electron chi connectivity index (χ0n) is 16.6. The van der Waals surface area contributed by atoms with Crippen molar-refractivity contribution in [3.63, 3.8) is 0 Å². The van der Waals surface area contributed by atoms with Gasteiger partial charge in [0.1, 0.15) is 28.4 Å². The summed E-state index contributed by atoms with van der Waals surface area (Å²) in [6, 6.07) is 3.15. The highest BCUT2D eigenvalue weighted by atomic mass is 32.1. The van der Waals surface area contributed by atoms with E-state index < -0.39 is 29.7 Å². The molecule has 0 radical (unpaired) electrons. The number of ether oxygens (including phenoxy) is 1. The van der Waals surface area contributed by atoms with Gasteiger partial charge in [0.2, 0.25) is 0 Å². The summed E-state index contributed by atoms with van der Waals surface area (Å²) in [5, 5.41) is 18.4. The number of nitrogens with one attached hydrogen (secondary N) is 1. The molecule has 1 amide bonds. The second kappa shape index (κ2) is 8.79. The fraction of sp³-hybridized carbons (Fsp3) is 0.350. The lowest BCUT2D eigenvalue weighted by atomic mass is 10.0. The zero-order valence-corrected chi connectivity index (χ0v) is 17.4. The van der Waals surface area contributed by atoms with Crippen molar-refractivity contribution >= 4 is 22.9 Å². The molecule has 2 aromatic heterocycles. The van der Waals surface area contributed by atoms with E-state index in [-0.39, 0.29) is 28.9 Å². The molecule has 1 aromatic carbocycles. The van der Waals surface area contributed by atoms with E-state index in [0.717, 1.165) is 23.5 Å². The quantitative estimate of drug-likeness (QED) is 0.564. The standard InChI is InChI=1S/C20H21F2N5O3S/c1-27-18(16-6-5-12(23)15(28)8-30-16)13(7-24-27)25-19(29)14-9-31-20(26-14)17-10(21)3-2-4-11(17)22/h2-4,7,9,12,15-16,28H,5-6,8,23H2,1H3,(H,25,29). The second-order valence-corrected chi connectivity index (χ2v) is 8.14. The molecule has 4 rings (SSSR count). The van der Waals surface area contributed by atoms with Crippen molar-refractivity contribution in [3.05, 3.63) is 52.8 Å². The minimum absolute atomic E-state index is 0.0247. The van der Waals surface area contributed by atoms with Crippen LogP contribution in [0.2, 0.25) is 0 Å². The van der Waals surface area contributed by atoms with Crippen LogP contribution >= 0.6 is 11.3 Å². The molecule has 1 aliphatic rings. The molecule has 0 saturated carbocycles. The zero-order chi connectivity index (χ0) is 22.1. The number of thiazole rings is 1. The summed E-state index contributed by atoms with van der Waals surface area (Å²) >= 11 is 0.971. The Balaban J connectivity index is 1.55. The maximum atomic E-state index is 14.0. The number of anilines is 1. The summed E-state index contributed by atoms with van der Waals surface area (Å²) in [5.74, 6) is -2.04. The summed E-state index contributed by atoms with van der Waals surface area (Å²) in [6.45, 7) is 0.0774. The Kier molecular flexibility index (Phi) is 6.10. The first-order valence-corrected chi connectivity index (χ1v) is 10.5. The highest BCUT2D eigenvalue weighted by molar-refractivity contribution is 7.13. The Morgan fingerprint density at radius 2 is 2.10 bits per heavy atom. The smallest absolute Gasteiger partial charge is 0.275 e. The van der Waals surface area contributed by atoms with Crippen LogP contribution in [0.1, 0.15) is 35.1 Å². The van der Waals surface area contributed by atoms with Crippen molar-refractivity contribution in [3.8, 4) is 10.6 Å². The normalized spacial score (nSPS) is 21.6. The minimum Gasteiger partial charge on any atom is -0.389 e. The Hall–Kier alpha value is -2.73. The van der Waals surface area contributed by atoms with Gasteiger partial charge in [-0.05, 0) is 25.0 Å². The molecule has 0 spiro atoms. The number of rotatable bonds is 4. The van der Waals surface area contributed by atoms with Crippen LogP contribution in [-0.4, -0.2) is 44.5 Å². The number of amides is 1. The number of aromatic nitrogens is 3. The number of hydrogen-bond acceptors (Lipinski definition) is 7. The molecule has 31 heavy (non-hydrogen) atoms. The second-order valence-electron chi connectivity index (χ2n) is 7.29. The molecule has 3 heterocycles. The van der Waals surface area contributed by atoms with Gasteiger partial charge in [-0.15, -0.1) is 11.3 Å². The van der Waals surface area contributed by atoms with E-state index in [2.05, 4.69) is 15.4 Å². The molecular weight excluding hydrogens is 428 g/mol. The van der Waals surface area contributed by atoms with Gasteiger partial charge in [0.15, 0.2) is 0 Å². The van der Waals surface area contributed by atoms with E-state index in [4.69, 9.17) is 10.5 Å². The van der Waals surface area contributed by atoms with Gasteiger partial charge in [0.05, 0.1) is 35.9 Å². The van der Waals surface area contributed by atoms with Crippen molar-refractivity contribution in [1.29, 1.82) is 0 Å². The van der Waals surface area contributed by atoms with Crippen molar-refractivity contribution in [2.45, 2.75) is 31.1 Å². The average Bonchev–Trinajstić information content (AvgIpc) is 3.31. The number of carbonyl (C=O) groups is 1. The van der Waals surface area contributed by atoms with Crippen LogP contribution in [0.4, 0.5) is 14.5 Å². The molecule has 1 aliphatic heterocycles. The summed E-state index contributed by atoms with van der Waals surface area (Å²) in [5.41, 5.74) is 6.73. The van der Waals surface area contributed by atoms with Crippen molar-refractivity contribution in [2.75, 3.05) is 11.9 Å². The van der Waals surface area contributed by atoms with E-state index in [9.17, 15) is 18.7 Å². The van der Waals surface area contributed by atoms with Crippen molar-refractivity contribution < 1.29 is 23.4 Å². The Morgan fingerprint density at radius 3 is 2.84 bits per heavy atom. The summed E-state index contributed by atoms with van der Waals surface area (Å²) in [6.07, 6.45) is 1.41. The lowest BCUT2D eigenvalue weighted by Gasteiger charge is -2.17.